The monoisotopic (exact) mass is 597 g/mol. The van der Waals surface area contributed by atoms with Gasteiger partial charge in [-0.1, -0.05) is 17.4 Å². The molecule has 0 saturated carbocycles. The Labute approximate surface area is 244 Å². The van der Waals surface area contributed by atoms with Gasteiger partial charge < -0.3 is 9.47 Å². The molecule has 5 rings (SSSR count). The lowest BCUT2D eigenvalue weighted by atomic mass is 9.98. The topological polar surface area (TPSA) is 107 Å². The molecule has 0 radical (unpaired) electrons. The number of methoxy groups -OCH3 is 1. The van der Waals surface area contributed by atoms with Gasteiger partial charge in [-0.05, 0) is 76.1 Å². The molecule has 0 aliphatic carbocycles. The Morgan fingerprint density at radius 1 is 1.17 bits per heavy atom. The first-order chi connectivity index (χ1) is 19.7. The molecular weight excluding hydrogens is 562 g/mol. The number of nitrogens with zero attached hydrogens (tertiary/aromatic N) is 5. The molecule has 41 heavy (non-hydrogen) atoms. The van der Waals surface area contributed by atoms with Crippen molar-refractivity contribution >= 4 is 42.6 Å². The van der Waals surface area contributed by atoms with Gasteiger partial charge in [0.05, 0.1) is 41.5 Å². The number of aryl methyl sites for hydroxylation is 2. The van der Waals surface area contributed by atoms with Gasteiger partial charge in [0, 0.05) is 25.3 Å². The van der Waals surface area contributed by atoms with Crippen molar-refractivity contribution in [3.8, 4) is 11.5 Å². The predicted molar refractivity (Wildman–Crippen MR) is 159 cm³/mol. The normalized spacial score (nSPS) is 16.1. The maximum absolute atomic E-state index is 14.2. The predicted octanol–water partition coefficient (Wildman–Crippen LogP) is 4.65. The number of rotatable bonds is 10. The molecule has 1 unspecified atom stereocenters. The van der Waals surface area contributed by atoms with Gasteiger partial charge in [-0.3, -0.25) is 14.4 Å². The number of hydrogen-bond acceptors (Lipinski definition) is 8. The van der Waals surface area contributed by atoms with E-state index in [1.165, 1.54) is 34.9 Å². The Bertz CT molecular complexity index is 1630. The molecule has 1 aliphatic heterocycles. The lowest BCUT2D eigenvalue weighted by Crippen LogP contribution is -2.47. The van der Waals surface area contributed by atoms with Crippen LogP contribution in [0.2, 0.25) is 0 Å². The van der Waals surface area contributed by atoms with Gasteiger partial charge >= 0.3 is 0 Å². The third-order valence-electron chi connectivity index (χ3n) is 7.24. The number of carbonyl (C=O) groups excluding carboxylic acids is 1. The van der Waals surface area contributed by atoms with Crippen LogP contribution in [0.25, 0.3) is 10.2 Å². The first-order valence-electron chi connectivity index (χ1n) is 13.7. The Hall–Kier alpha value is -3.48. The van der Waals surface area contributed by atoms with Crippen molar-refractivity contribution in [2.45, 2.75) is 45.1 Å². The number of anilines is 1. The average Bonchev–Trinajstić information content (AvgIpc) is 3.55. The second kappa shape index (κ2) is 12.2. The summed E-state index contributed by atoms with van der Waals surface area (Å²) in [6.07, 6.45) is 1.18. The SMILES string of the molecule is CCOc1cccc2sc(N(CCn3nc(C)cc3C)C(=O)C3CCCN(S(=O)(=O)c4ccc(OC)cc4)C3)nc12. The van der Waals surface area contributed by atoms with Crippen LogP contribution < -0.4 is 14.4 Å². The van der Waals surface area contributed by atoms with Crippen LogP contribution >= 0.6 is 11.3 Å². The molecule has 1 atom stereocenters. The number of fused-ring (bicyclic) bond motifs is 1. The van der Waals surface area contributed by atoms with Crippen LogP contribution in [0.5, 0.6) is 11.5 Å². The van der Waals surface area contributed by atoms with Crippen molar-refractivity contribution in [1.29, 1.82) is 0 Å². The van der Waals surface area contributed by atoms with Crippen LogP contribution in [0.15, 0.2) is 53.4 Å². The molecule has 10 nitrogen and oxygen atoms in total. The summed E-state index contributed by atoms with van der Waals surface area (Å²) in [5.41, 5.74) is 2.63. The molecule has 218 valence electrons. The fourth-order valence-corrected chi connectivity index (χ4v) is 7.71. The summed E-state index contributed by atoms with van der Waals surface area (Å²) in [5.74, 6) is 0.610. The molecule has 1 saturated heterocycles. The van der Waals surface area contributed by atoms with Crippen molar-refractivity contribution < 1.29 is 22.7 Å². The van der Waals surface area contributed by atoms with E-state index >= 15 is 0 Å². The molecule has 12 heteroatoms. The minimum atomic E-state index is -3.77. The number of aromatic nitrogens is 3. The smallest absolute Gasteiger partial charge is 0.243 e. The molecule has 4 aromatic rings. The summed E-state index contributed by atoms with van der Waals surface area (Å²) in [4.78, 5) is 20.9. The number of piperidine rings is 1. The number of benzene rings is 2. The van der Waals surface area contributed by atoms with E-state index in [9.17, 15) is 13.2 Å². The largest absolute Gasteiger partial charge is 0.497 e. The van der Waals surface area contributed by atoms with E-state index in [1.54, 1.807) is 17.0 Å². The highest BCUT2D eigenvalue weighted by Crippen LogP contribution is 2.36. The van der Waals surface area contributed by atoms with Crippen LogP contribution in [-0.4, -0.2) is 66.7 Å². The number of carbonyl (C=O) groups is 1. The molecule has 0 N–H and O–H groups in total. The van der Waals surface area contributed by atoms with Gasteiger partial charge in [-0.25, -0.2) is 13.4 Å². The first-order valence-corrected chi connectivity index (χ1v) is 16.0. The fraction of sp³-hybridized carbons (Fsp3) is 0.414. The fourth-order valence-electron chi connectivity index (χ4n) is 5.17. The van der Waals surface area contributed by atoms with E-state index < -0.39 is 15.9 Å². The number of ether oxygens (including phenoxy) is 2. The van der Waals surface area contributed by atoms with Gasteiger partial charge in [0.15, 0.2) is 5.13 Å². The van der Waals surface area contributed by atoms with E-state index in [-0.39, 0.29) is 17.3 Å². The zero-order valence-electron chi connectivity index (χ0n) is 23.7. The number of amides is 1. The van der Waals surface area contributed by atoms with E-state index in [4.69, 9.17) is 14.5 Å². The zero-order valence-corrected chi connectivity index (χ0v) is 25.4. The van der Waals surface area contributed by atoms with Crippen molar-refractivity contribution in [2.24, 2.45) is 5.92 Å². The van der Waals surface area contributed by atoms with Crippen LogP contribution in [0.3, 0.4) is 0 Å². The van der Waals surface area contributed by atoms with Crippen molar-refractivity contribution in [2.75, 3.05) is 38.3 Å². The standard InChI is InChI=1S/C29H35N5O5S2/c1-5-39-25-9-6-10-26-27(25)30-29(40-26)33(16-17-34-21(3)18-20(2)31-34)28(35)22-8-7-15-32(19-22)41(36,37)24-13-11-23(38-4)12-14-24/h6,9-14,18,22H,5,7-8,15-17,19H2,1-4H3. The number of sulfonamides is 1. The minimum Gasteiger partial charge on any atom is -0.497 e. The maximum atomic E-state index is 14.2. The van der Waals surface area contributed by atoms with Crippen LogP contribution in [0.1, 0.15) is 31.2 Å². The summed E-state index contributed by atoms with van der Waals surface area (Å²) in [6, 6.07) is 14.1. The lowest BCUT2D eigenvalue weighted by molar-refractivity contribution is -0.123. The van der Waals surface area contributed by atoms with E-state index in [2.05, 4.69) is 5.10 Å². The third-order valence-corrected chi connectivity index (χ3v) is 10.2. The van der Waals surface area contributed by atoms with Crippen molar-refractivity contribution in [3.05, 3.63) is 59.9 Å². The molecule has 3 heterocycles. The molecule has 2 aromatic carbocycles. The van der Waals surface area contributed by atoms with Gasteiger partial charge in [-0.15, -0.1) is 0 Å². The average molecular weight is 598 g/mol. The Balaban J connectivity index is 1.43. The highest BCUT2D eigenvalue weighted by Gasteiger charge is 2.36. The number of thiazole rings is 1. The zero-order chi connectivity index (χ0) is 29.1. The first kappa shape index (κ1) is 29.0. The van der Waals surface area contributed by atoms with E-state index in [0.29, 0.717) is 61.2 Å². The highest BCUT2D eigenvalue weighted by atomic mass is 32.2. The van der Waals surface area contributed by atoms with Crippen molar-refractivity contribution in [1.82, 2.24) is 19.1 Å². The van der Waals surface area contributed by atoms with Crippen LogP contribution in [0, 0.1) is 19.8 Å². The van der Waals surface area contributed by atoms with Crippen LogP contribution in [-0.2, 0) is 21.4 Å². The second-order valence-corrected chi connectivity index (χ2v) is 13.0. The molecule has 1 amide bonds. The highest BCUT2D eigenvalue weighted by molar-refractivity contribution is 7.89. The van der Waals surface area contributed by atoms with Crippen LogP contribution in [0.4, 0.5) is 5.13 Å². The Kier molecular flexibility index (Phi) is 8.62. The van der Waals surface area contributed by atoms with Crippen molar-refractivity contribution in [3.63, 3.8) is 0 Å². The van der Waals surface area contributed by atoms with E-state index in [0.717, 1.165) is 16.1 Å². The van der Waals surface area contributed by atoms with Gasteiger partial charge in [0.1, 0.15) is 17.0 Å². The minimum absolute atomic E-state index is 0.110. The molecule has 1 fully saturated rings. The van der Waals surface area contributed by atoms with Gasteiger partial charge in [0.2, 0.25) is 15.9 Å². The Morgan fingerprint density at radius 2 is 1.95 bits per heavy atom. The molecular formula is C29H35N5O5S2. The van der Waals surface area contributed by atoms with E-state index in [1.807, 2.05) is 49.7 Å². The summed E-state index contributed by atoms with van der Waals surface area (Å²) in [6.45, 7) is 7.67. The number of hydrogen-bond donors (Lipinski definition) is 0. The second-order valence-electron chi connectivity index (χ2n) is 10.1. The number of para-hydroxylation sites is 1. The Morgan fingerprint density at radius 3 is 2.63 bits per heavy atom. The molecule has 2 aromatic heterocycles. The summed E-state index contributed by atoms with van der Waals surface area (Å²) in [5, 5.41) is 5.13. The maximum Gasteiger partial charge on any atom is 0.243 e. The molecule has 0 spiro atoms. The summed E-state index contributed by atoms with van der Waals surface area (Å²) in [7, 11) is -2.24. The third kappa shape index (κ3) is 6.09. The van der Waals surface area contributed by atoms with Gasteiger partial charge in [0.25, 0.3) is 0 Å². The molecule has 1 aliphatic rings. The lowest BCUT2D eigenvalue weighted by Gasteiger charge is -2.33. The molecule has 0 bridgehead atoms. The quantitative estimate of drug-likeness (QED) is 0.262. The summed E-state index contributed by atoms with van der Waals surface area (Å²) < 4.78 is 42.2. The van der Waals surface area contributed by atoms with Gasteiger partial charge in [-0.2, -0.15) is 9.40 Å². The summed E-state index contributed by atoms with van der Waals surface area (Å²) >= 11 is 1.43.